The molecule has 0 heterocycles. The normalized spacial score (nSPS) is 12.2. The lowest BCUT2D eigenvalue weighted by atomic mass is 9.93. The fourth-order valence-electron chi connectivity index (χ4n) is 3.09. The van der Waals surface area contributed by atoms with Crippen molar-refractivity contribution in [3.63, 3.8) is 0 Å². The Morgan fingerprint density at radius 2 is 1.88 bits per heavy atom. The van der Waals surface area contributed by atoms with E-state index in [1.54, 1.807) is 18.9 Å². The molecule has 0 fully saturated rings. The molecule has 1 N–H and O–H groups in total. The molecule has 0 aliphatic carbocycles. The molecule has 0 aromatic heterocycles. The Labute approximate surface area is 156 Å². The van der Waals surface area contributed by atoms with Gasteiger partial charge in [-0.2, -0.15) is 0 Å². The molecule has 136 valence electrons. The SMILES string of the molecule is COCCCNC(c1ccc(SC)cc1C)c1ccccc1N(C)C. The molecule has 3 nitrogen and oxygen atoms in total. The number of hydrogen-bond donors (Lipinski definition) is 1. The molecule has 4 heteroatoms. The zero-order valence-electron chi connectivity index (χ0n) is 16.0. The van der Waals surface area contributed by atoms with E-state index in [1.807, 2.05) is 0 Å². The molecule has 0 radical (unpaired) electrons. The highest BCUT2D eigenvalue weighted by molar-refractivity contribution is 7.98. The molecule has 0 saturated carbocycles. The van der Waals surface area contributed by atoms with Gasteiger partial charge in [-0.3, -0.25) is 0 Å². The summed E-state index contributed by atoms with van der Waals surface area (Å²) >= 11 is 1.79. The minimum Gasteiger partial charge on any atom is -0.385 e. The number of thioether (sulfide) groups is 1. The highest BCUT2D eigenvalue weighted by Gasteiger charge is 2.19. The third-order valence-electron chi connectivity index (χ3n) is 4.39. The summed E-state index contributed by atoms with van der Waals surface area (Å²) in [5.41, 5.74) is 5.22. The Bertz CT molecular complexity index is 673. The monoisotopic (exact) mass is 358 g/mol. The van der Waals surface area contributed by atoms with Crippen molar-refractivity contribution in [1.29, 1.82) is 0 Å². The van der Waals surface area contributed by atoms with Gasteiger partial charge in [0, 0.05) is 38.4 Å². The average molecular weight is 359 g/mol. The number of methoxy groups -OCH3 is 1. The summed E-state index contributed by atoms with van der Waals surface area (Å²) in [4.78, 5) is 3.49. The molecule has 25 heavy (non-hydrogen) atoms. The molecule has 0 spiro atoms. The van der Waals surface area contributed by atoms with Crippen LogP contribution in [0.25, 0.3) is 0 Å². The Kier molecular flexibility index (Phi) is 7.82. The lowest BCUT2D eigenvalue weighted by Crippen LogP contribution is -2.27. The minimum absolute atomic E-state index is 0.173. The van der Waals surface area contributed by atoms with Gasteiger partial charge in [0.2, 0.25) is 0 Å². The van der Waals surface area contributed by atoms with Gasteiger partial charge in [-0.05, 0) is 61.0 Å². The first-order valence-corrected chi connectivity index (χ1v) is 9.94. The third-order valence-corrected chi connectivity index (χ3v) is 5.12. The van der Waals surface area contributed by atoms with Gasteiger partial charge >= 0.3 is 0 Å². The maximum Gasteiger partial charge on any atom is 0.0599 e. The molecular formula is C21H30N2OS. The van der Waals surface area contributed by atoms with Gasteiger partial charge in [-0.25, -0.2) is 0 Å². The highest BCUT2D eigenvalue weighted by atomic mass is 32.2. The van der Waals surface area contributed by atoms with Crippen LogP contribution in [0.1, 0.15) is 29.2 Å². The van der Waals surface area contributed by atoms with E-state index in [0.717, 1.165) is 19.6 Å². The summed E-state index contributed by atoms with van der Waals surface area (Å²) in [5.74, 6) is 0. The molecule has 0 saturated heterocycles. The zero-order chi connectivity index (χ0) is 18.2. The van der Waals surface area contributed by atoms with E-state index in [4.69, 9.17) is 4.74 Å². The first kappa shape index (κ1) is 19.8. The summed E-state index contributed by atoms with van der Waals surface area (Å²) in [5, 5.41) is 3.75. The van der Waals surface area contributed by atoms with Gasteiger partial charge in [0.15, 0.2) is 0 Å². The number of rotatable bonds is 9. The van der Waals surface area contributed by atoms with Crippen LogP contribution >= 0.6 is 11.8 Å². The Morgan fingerprint density at radius 1 is 1.12 bits per heavy atom. The van der Waals surface area contributed by atoms with Gasteiger partial charge < -0.3 is 15.0 Å². The molecule has 0 aliphatic heterocycles. The van der Waals surface area contributed by atoms with Gasteiger partial charge in [0.25, 0.3) is 0 Å². The first-order chi connectivity index (χ1) is 12.1. The Hall–Kier alpha value is -1.49. The summed E-state index contributed by atoms with van der Waals surface area (Å²) in [6, 6.07) is 15.6. The van der Waals surface area contributed by atoms with Gasteiger partial charge in [0.1, 0.15) is 0 Å². The number of ether oxygens (including phenoxy) is 1. The van der Waals surface area contributed by atoms with Crippen LogP contribution in [-0.4, -0.2) is 40.6 Å². The Morgan fingerprint density at radius 3 is 2.52 bits per heavy atom. The van der Waals surface area contributed by atoms with Crippen molar-refractivity contribution in [2.45, 2.75) is 24.3 Å². The van der Waals surface area contributed by atoms with Crippen LogP contribution in [0.5, 0.6) is 0 Å². The van der Waals surface area contributed by atoms with Crippen LogP contribution in [0.4, 0.5) is 5.69 Å². The topological polar surface area (TPSA) is 24.5 Å². The maximum absolute atomic E-state index is 5.20. The second-order valence-corrected chi connectivity index (χ2v) is 7.29. The van der Waals surface area contributed by atoms with Crippen molar-refractivity contribution in [3.05, 3.63) is 59.2 Å². The molecule has 2 rings (SSSR count). The summed E-state index contributed by atoms with van der Waals surface area (Å²) in [7, 11) is 5.96. The lowest BCUT2D eigenvalue weighted by molar-refractivity contribution is 0.193. The van der Waals surface area contributed by atoms with Crippen molar-refractivity contribution >= 4 is 17.4 Å². The maximum atomic E-state index is 5.20. The molecule has 0 amide bonds. The quantitative estimate of drug-likeness (QED) is 0.527. The van der Waals surface area contributed by atoms with Gasteiger partial charge in [-0.1, -0.05) is 24.3 Å². The number of anilines is 1. The summed E-state index contributed by atoms with van der Waals surface area (Å²) < 4.78 is 5.20. The number of benzene rings is 2. The second kappa shape index (κ2) is 9.85. The van der Waals surface area contributed by atoms with Crippen molar-refractivity contribution < 1.29 is 4.74 Å². The number of hydrogen-bond acceptors (Lipinski definition) is 4. The van der Waals surface area contributed by atoms with Crippen LogP contribution in [0.3, 0.4) is 0 Å². The molecule has 2 aromatic rings. The van der Waals surface area contributed by atoms with Crippen molar-refractivity contribution in [2.24, 2.45) is 0 Å². The molecular weight excluding hydrogens is 328 g/mol. The average Bonchev–Trinajstić information content (AvgIpc) is 2.62. The fraction of sp³-hybridized carbons (Fsp3) is 0.429. The Balaban J connectivity index is 2.40. The predicted octanol–water partition coefficient (Wildman–Crippen LogP) is 4.50. The van der Waals surface area contributed by atoms with Crippen LogP contribution in [0.15, 0.2) is 47.4 Å². The number of nitrogens with one attached hydrogen (secondary N) is 1. The number of para-hydroxylation sites is 1. The third kappa shape index (κ3) is 5.24. The molecule has 0 bridgehead atoms. The molecule has 0 aliphatic rings. The van der Waals surface area contributed by atoms with Crippen LogP contribution in [-0.2, 0) is 4.74 Å². The molecule has 1 unspecified atom stereocenters. The molecule has 2 aromatic carbocycles. The fourth-order valence-corrected chi connectivity index (χ4v) is 3.59. The minimum atomic E-state index is 0.173. The van der Waals surface area contributed by atoms with Crippen LogP contribution < -0.4 is 10.2 Å². The lowest BCUT2D eigenvalue weighted by Gasteiger charge is -2.27. The zero-order valence-corrected chi connectivity index (χ0v) is 16.8. The van der Waals surface area contributed by atoms with Crippen LogP contribution in [0, 0.1) is 6.92 Å². The summed E-state index contributed by atoms with van der Waals surface area (Å²) in [6.07, 6.45) is 3.12. The first-order valence-electron chi connectivity index (χ1n) is 8.71. The number of nitrogens with zero attached hydrogens (tertiary/aromatic N) is 1. The predicted molar refractivity (Wildman–Crippen MR) is 110 cm³/mol. The van der Waals surface area contributed by atoms with Crippen molar-refractivity contribution in [3.8, 4) is 0 Å². The van der Waals surface area contributed by atoms with Gasteiger partial charge in [-0.15, -0.1) is 11.8 Å². The largest absolute Gasteiger partial charge is 0.385 e. The van der Waals surface area contributed by atoms with E-state index in [2.05, 4.69) is 80.0 Å². The number of aryl methyl sites for hydroxylation is 1. The van der Waals surface area contributed by atoms with E-state index in [0.29, 0.717) is 0 Å². The van der Waals surface area contributed by atoms with E-state index < -0.39 is 0 Å². The van der Waals surface area contributed by atoms with Crippen molar-refractivity contribution in [2.75, 3.05) is 45.5 Å². The van der Waals surface area contributed by atoms with E-state index in [9.17, 15) is 0 Å². The smallest absolute Gasteiger partial charge is 0.0599 e. The van der Waals surface area contributed by atoms with Crippen LogP contribution in [0.2, 0.25) is 0 Å². The summed E-state index contributed by atoms with van der Waals surface area (Å²) in [6.45, 7) is 3.90. The van der Waals surface area contributed by atoms with E-state index in [1.165, 1.54) is 27.3 Å². The highest BCUT2D eigenvalue weighted by Crippen LogP contribution is 2.33. The van der Waals surface area contributed by atoms with Crippen molar-refractivity contribution in [1.82, 2.24) is 5.32 Å². The van der Waals surface area contributed by atoms with Gasteiger partial charge in [0.05, 0.1) is 6.04 Å². The van der Waals surface area contributed by atoms with E-state index in [-0.39, 0.29) is 6.04 Å². The standard InChI is InChI=1S/C21H30N2OS/c1-16-15-17(25-5)11-12-18(16)21(22-13-8-14-24-4)19-9-6-7-10-20(19)23(2)3/h6-7,9-12,15,21-22H,8,13-14H2,1-5H3. The molecule has 1 atom stereocenters. The second-order valence-electron chi connectivity index (χ2n) is 6.41. The van der Waals surface area contributed by atoms with E-state index >= 15 is 0 Å².